The number of ether oxygens (including phenoxy) is 2. The molecule has 0 bridgehead atoms. The molecule has 2 aromatic rings. The predicted octanol–water partition coefficient (Wildman–Crippen LogP) is 3.32. The van der Waals surface area contributed by atoms with Gasteiger partial charge >= 0.3 is 0 Å². The number of anilines is 1. The molecule has 140 valence electrons. The van der Waals surface area contributed by atoms with Crippen LogP contribution >= 0.6 is 12.2 Å². The Balaban J connectivity index is 1.52. The number of nitrogens with one attached hydrogen (secondary N) is 3. The fourth-order valence-corrected chi connectivity index (χ4v) is 2.85. The third-order valence-electron chi connectivity index (χ3n) is 4.10. The molecular weight excluding hydrogens is 362 g/mol. The van der Waals surface area contributed by atoms with Crippen molar-refractivity contribution >= 4 is 35.0 Å². The van der Waals surface area contributed by atoms with Crippen LogP contribution in [-0.4, -0.2) is 17.8 Å². The highest BCUT2D eigenvalue weighted by Gasteiger charge is 2.12. The summed E-state index contributed by atoms with van der Waals surface area (Å²) in [6.07, 6.45) is 3.99. The van der Waals surface area contributed by atoms with Crippen molar-refractivity contribution < 1.29 is 14.3 Å². The number of hydrogen-bond acceptors (Lipinski definition) is 4. The minimum absolute atomic E-state index is 0.220. The zero-order chi connectivity index (χ0) is 19.2. The molecule has 1 heterocycles. The van der Waals surface area contributed by atoms with Gasteiger partial charge in [-0.2, -0.15) is 0 Å². The molecule has 7 heteroatoms. The second-order valence-corrected chi connectivity index (χ2v) is 6.39. The number of amides is 1. The third-order valence-corrected chi connectivity index (χ3v) is 4.31. The molecule has 1 amide bonds. The van der Waals surface area contributed by atoms with Gasteiger partial charge in [0.25, 0.3) is 5.91 Å². The lowest BCUT2D eigenvalue weighted by Gasteiger charge is -2.15. The van der Waals surface area contributed by atoms with Crippen LogP contribution in [0.4, 0.5) is 5.69 Å². The molecule has 1 aliphatic rings. The predicted molar refractivity (Wildman–Crippen MR) is 110 cm³/mol. The second-order valence-electron chi connectivity index (χ2n) is 5.98. The van der Waals surface area contributed by atoms with Crippen molar-refractivity contribution in [3.63, 3.8) is 0 Å². The van der Waals surface area contributed by atoms with Gasteiger partial charge in [0, 0.05) is 11.8 Å². The average Bonchev–Trinajstić information content (AvgIpc) is 3.14. The van der Waals surface area contributed by atoms with Crippen molar-refractivity contribution in [2.45, 2.75) is 20.3 Å². The molecule has 0 atom stereocenters. The first kappa shape index (κ1) is 18.7. The summed E-state index contributed by atoms with van der Waals surface area (Å²) in [6.45, 7) is 4.31. The summed E-state index contributed by atoms with van der Waals surface area (Å²) in [7, 11) is 0. The van der Waals surface area contributed by atoms with Gasteiger partial charge in [-0.1, -0.05) is 31.2 Å². The molecule has 0 saturated carbocycles. The minimum atomic E-state index is -0.322. The zero-order valence-corrected chi connectivity index (χ0v) is 16.0. The average molecular weight is 383 g/mol. The van der Waals surface area contributed by atoms with E-state index in [-0.39, 0.29) is 12.7 Å². The number of aryl methyl sites for hydroxylation is 2. The number of hydrogen-bond donors (Lipinski definition) is 3. The highest BCUT2D eigenvalue weighted by Crippen LogP contribution is 2.32. The van der Waals surface area contributed by atoms with Crippen molar-refractivity contribution in [2.75, 3.05) is 12.1 Å². The molecule has 2 aromatic carbocycles. The molecular formula is C20H21N3O3S. The molecule has 27 heavy (non-hydrogen) atoms. The van der Waals surface area contributed by atoms with Crippen LogP contribution in [0.5, 0.6) is 11.5 Å². The van der Waals surface area contributed by atoms with Crippen LogP contribution in [0.25, 0.3) is 6.08 Å². The van der Waals surface area contributed by atoms with Crippen LogP contribution in [0.2, 0.25) is 0 Å². The Hall–Kier alpha value is -3.06. The van der Waals surface area contributed by atoms with E-state index in [1.807, 2.05) is 43.3 Å². The highest BCUT2D eigenvalue weighted by molar-refractivity contribution is 7.80. The maximum Gasteiger partial charge on any atom is 0.262 e. The lowest BCUT2D eigenvalue weighted by Crippen LogP contribution is -2.43. The van der Waals surface area contributed by atoms with E-state index >= 15 is 0 Å². The summed E-state index contributed by atoms with van der Waals surface area (Å²) < 4.78 is 10.6. The second kappa shape index (κ2) is 8.55. The van der Waals surface area contributed by atoms with E-state index in [4.69, 9.17) is 21.7 Å². The fraction of sp³-hybridized carbons (Fsp3) is 0.200. The van der Waals surface area contributed by atoms with Crippen molar-refractivity contribution in [1.29, 1.82) is 0 Å². The number of rotatable bonds is 4. The van der Waals surface area contributed by atoms with Crippen molar-refractivity contribution in [1.82, 2.24) is 10.9 Å². The number of carbonyl (C=O) groups is 1. The summed E-state index contributed by atoms with van der Waals surface area (Å²) in [5, 5.41) is 3.46. The summed E-state index contributed by atoms with van der Waals surface area (Å²) >= 11 is 5.26. The molecule has 0 fully saturated rings. The van der Waals surface area contributed by atoms with E-state index in [9.17, 15) is 4.79 Å². The van der Waals surface area contributed by atoms with E-state index in [0.29, 0.717) is 16.6 Å². The summed E-state index contributed by atoms with van der Waals surface area (Å²) in [4.78, 5) is 12.0. The maximum absolute atomic E-state index is 12.0. The van der Waals surface area contributed by atoms with Crippen molar-refractivity contribution in [2.24, 2.45) is 0 Å². The van der Waals surface area contributed by atoms with Crippen LogP contribution in [0.3, 0.4) is 0 Å². The van der Waals surface area contributed by atoms with Crippen LogP contribution in [0.15, 0.2) is 42.5 Å². The zero-order valence-electron chi connectivity index (χ0n) is 15.2. The smallest absolute Gasteiger partial charge is 0.262 e. The Labute approximate surface area is 163 Å². The topological polar surface area (TPSA) is 71.6 Å². The third kappa shape index (κ3) is 4.77. The number of carbonyl (C=O) groups excluding carboxylic acids is 1. The number of fused-ring (bicyclic) bond motifs is 1. The first-order valence-corrected chi connectivity index (χ1v) is 9.01. The Kier molecular flexibility index (Phi) is 5.93. The van der Waals surface area contributed by atoms with Gasteiger partial charge in [0.05, 0.1) is 0 Å². The molecule has 0 saturated heterocycles. The number of hydrazine groups is 1. The van der Waals surface area contributed by atoms with Gasteiger partial charge in [0.1, 0.15) is 0 Å². The van der Waals surface area contributed by atoms with Crippen LogP contribution in [0, 0.1) is 6.92 Å². The van der Waals surface area contributed by atoms with Gasteiger partial charge in [-0.15, -0.1) is 0 Å². The number of para-hydroxylation sites is 1. The Morgan fingerprint density at radius 1 is 1.19 bits per heavy atom. The lowest BCUT2D eigenvalue weighted by atomic mass is 10.1. The minimum Gasteiger partial charge on any atom is -0.454 e. The quantitative estimate of drug-likeness (QED) is 0.427. The lowest BCUT2D eigenvalue weighted by molar-refractivity contribution is -0.116. The molecule has 6 nitrogen and oxygen atoms in total. The Bertz CT molecular complexity index is 896. The van der Waals surface area contributed by atoms with Crippen LogP contribution in [-0.2, 0) is 11.2 Å². The normalized spacial score (nSPS) is 12.1. The van der Waals surface area contributed by atoms with Gasteiger partial charge in [-0.25, -0.2) is 0 Å². The summed E-state index contributed by atoms with van der Waals surface area (Å²) in [6, 6.07) is 11.5. The first-order chi connectivity index (χ1) is 13.1. The van der Waals surface area contributed by atoms with Crippen molar-refractivity contribution in [3.8, 4) is 11.5 Å². The first-order valence-electron chi connectivity index (χ1n) is 8.60. The standard InChI is InChI=1S/C20H21N3O3S/c1-3-15-6-4-5-13(2)19(15)21-20(27)23-22-18(24)10-8-14-7-9-16-17(11-14)26-12-25-16/h4-11H,3,12H2,1-2H3,(H,22,24)(H2,21,23,27)/b10-8+. The van der Waals surface area contributed by atoms with Gasteiger partial charge < -0.3 is 14.8 Å². The molecule has 3 N–H and O–H groups in total. The van der Waals surface area contributed by atoms with Crippen molar-refractivity contribution in [3.05, 3.63) is 59.2 Å². The molecule has 0 aliphatic carbocycles. The molecule has 0 aromatic heterocycles. The van der Waals surface area contributed by atoms with Crippen LogP contribution < -0.4 is 25.6 Å². The van der Waals surface area contributed by atoms with E-state index in [2.05, 4.69) is 23.1 Å². The SMILES string of the molecule is CCc1cccc(C)c1NC(=S)NNC(=O)/C=C/c1ccc2c(c1)OCO2. The maximum atomic E-state index is 12.0. The molecule has 3 rings (SSSR count). The summed E-state index contributed by atoms with van der Waals surface area (Å²) in [5.41, 5.74) is 9.31. The van der Waals surface area contributed by atoms with Gasteiger partial charge in [0.15, 0.2) is 16.6 Å². The Morgan fingerprint density at radius 3 is 2.81 bits per heavy atom. The monoisotopic (exact) mass is 383 g/mol. The van der Waals surface area contributed by atoms with Gasteiger partial charge in [0.2, 0.25) is 6.79 Å². The molecule has 0 spiro atoms. The summed E-state index contributed by atoms with van der Waals surface area (Å²) in [5.74, 6) is 1.06. The Morgan fingerprint density at radius 2 is 2.00 bits per heavy atom. The van der Waals surface area contributed by atoms with E-state index in [1.165, 1.54) is 6.08 Å². The highest BCUT2D eigenvalue weighted by atomic mass is 32.1. The van der Waals surface area contributed by atoms with E-state index in [0.717, 1.165) is 28.8 Å². The fourth-order valence-electron chi connectivity index (χ4n) is 2.70. The number of benzene rings is 2. The molecule has 0 unspecified atom stereocenters. The van der Waals surface area contributed by atoms with Gasteiger partial charge in [-0.3, -0.25) is 15.6 Å². The van der Waals surface area contributed by atoms with Gasteiger partial charge in [-0.05, 0) is 60.5 Å². The van der Waals surface area contributed by atoms with E-state index in [1.54, 1.807) is 6.08 Å². The van der Waals surface area contributed by atoms with Crippen LogP contribution in [0.1, 0.15) is 23.6 Å². The van der Waals surface area contributed by atoms with E-state index < -0.39 is 0 Å². The molecule has 0 radical (unpaired) electrons. The number of thiocarbonyl (C=S) groups is 1. The molecule has 1 aliphatic heterocycles. The largest absolute Gasteiger partial charge is 0.454 e.